The summed E-state index contributed by atoms with van der Waals surface area (Å²) < 4.78 is 39.6. The quantitative estimate of drug-likeness (QED) is 0.603. The number of rotatable bonds is 5. The average molecular weight is 272 g/mol. The Morgan fingerprint density at radius 3 is 2.42 bits per heavy atom. The van der Waals surface area contributed by atoms with Gasteiger partial charge < -0.3 is 9.57 Å². The van der Waals surface area contributed by atoms with Gasteiger partial charge in [0, 0.05) is 5.92 Å². The van der Waals surface area contributed by atoms with Crippen LogP contribution >= 0.6 is 0 Å². The summed E-state index contributed by atoms with van der Waals surface area (Å²) in [6.07, 6.45) is 1.58. The second kappa shape index (κ2) is 5.95. The molecule has 1 aromatic carbocycles. The van der Waals surface area contributed by atoms with E-state index in [1.54, 1.807) is 0 Å². The highest BCUT2D eigenvalue weighted by molar-refractivity contribution is 5.60. The largest absolute Gasteiger partial charge is 0.573 e. The monoisotopic (exact) mass is 272 g/mol. The van der Waals surface area contributed by atoms with Gasteiger partial charge in [-0.2, -0.15) is 0 Å². The van der Waals surface area contributed by atoms with Crippen LogP contribution in [0.3, 0.4) is 0 Å². The summed E-state index contributed by atoms with van der Waals surface area (Å²) in [5.74, 6) is 0.142. The van der Waals surface area contributed by atoms with Gasteiger partial charge in [-0.25, -0.2) is 0 Å². The van der Waals surface area contributed by atoms with Crippen LogP contribution < -0.4 is 4.74 Å². The number of hydrogen-bond acceptors (Lipinski definition) is 3. The first-order chi connectivity index (χ1) is 9.03. The lowest BCUT2D eigenvalue weighted by Crippen LogP contribution is -2.17. The number of ether oxygens (including phenoxy) is 1. The third-order valence-electron chi connectivity index (χ3n) is 2.79. The van der Waals surface area contributed by atoms with Crippen LogP contribution in [0.4, 0.5) is 13.2 Å². The summed E-state index contributed by atoms with van der Waals surface area (Å²) in [6.45, 7) is 0.200. The molecule has 1 radical (unpaired) electrons. The normalized spacial score (nSPS) is 16.4. The van der Waals surface area contributed by atoms with Crippen molar-refractivity contribution in [1.82, 2.24) is 0 Å². The lowest BCUT2D eigenvalue weighted by atomic mass is 9.87. The third kappa shape index (κ3) is 4.81. The molecule has 1 saturated carbocycles. The van der Waals surface area contributed by atoms with Crippen molar-refractivity contribution >= 4 is 6.21 Å². The van der Waals surface area contributed by atoms with Crippen molar-refractivity contribution in [2.75, 3.05) is 0 Å². The zero-order chi connectivity index (χ0) is 13.7. The van der Waals surface area contributed by atoms with Gasteiger partial charge in [0.15, 0.2) is 0 Å². The maximum atomic E-state index is 11.9. The van der Waals surface area contributed by atoms with Gasteiger partial charge in [-0.1, -0.05) is 23.7 Å². The van der Waals surface area contributed by atoms with Crippen molar-refractivity contribution in [2.24, 2.45) is 11.1 Å². The average Bonchev–Trinajstić information content (AvgIpc) is 2.26. The zero-order valence-corrected chi connectivity index (χ0v) is 10.1. The molecule has 1 aromatic rings. The topological polar surface area (TPSA) is 30.8 Å². The van der Waals surface area contributed by atoms with Gasteiger partial charge in [-0.15, -0.1) is 13.2 Å². The second-order valence-electron chi connectivity index (χ2n) is 4.31. The molecule has 0 N–H and O–H groups in total. The molecule has 1 aliphatic carbocycles. The molecule has 19 heavy (non-hydrogen) atoms. The Morgan fingerprint density at radius 2 is 1.89 bits per heavy atom. The van der Waals surface area contributed by atoms with E-state index < -0.39 is 6.36 Å². The van der Waals surface area contributed by atoms with E-state index in [9.17, 15) is 13.2 Å². The molecule has 0 saturated heterocycles. The minimum Gasteiger partial charge on any atom is -0.406 e. The number of alkyl halides is 3. The summed E-state index contributed by atoms with van der Waals surface area (Å²) in [5, 5.41) is 3.71. The van der Waals surface area contributed by atoms with Crippen molar-refractivity contribution in [3.8, 4) is 5.75 Å². The van der Waals surface area contributed by atoms with Gasteiger partial charge in [0.25, 0.3) is 0 Å². The molecule has 0 spiro atoms. The first-order valence-electron chi connectivity index (χ1n) is 5.95. The van der Waals surface area contributed by atoms with E-state index >= 15 is 0 Å². The first-order valence-corrected chi connectivity index (χ1v) is 5.95. The molecule has 0 bridgehead atoms. The van der Waals surface area contributed by atoms with Crippen LogP contribution in [0.1, 0.15) is 24.8 Å². The molecule has 0 atom stereocenters. The Balaban J connectivity index is 1.76. The van der Waals surface area contributed by atoms with E-state index in [-0.39, 0.29) is 12.4 Å². The molecule has 0 heterocycles. The Morgan fingerprint density at radius 1 is 1.21 bits per heavy atom. The molecular formula is C13H13F3NO2. The molecular weight excluding hydrogens is 259 g/mol. The molecule has 2 rings (SSSR count). The van der Waals surface area contributed by atoms with Gasteiger partial charge in [0.1, 0.15) is 18.6 Å². The fraction of sp³-hybridized carbons (Fsp3) is 0.462. The minimum absolute atomic E-state index is 0.200. The molecule has 0 amide bonds. The molecule has 0 aromatic heterocycles. The third-order valence-corrected chi connectivity index (χ3v) is 2.79. The van der Waals surface area contributed by atoms with Crippen LogP contribution in [0.2, 0.25) is 0 Å². The lowest BCUT2D eigenvalue weighted by molar-refractivity contribution is -0.274. The van der Waals surface area contributed by atoms with Gasteiger partial charge in [0.05, 0.1) is 0 Å². The van der Waals surface area contributed by atoms with Crippen LogP contribution in [0.25, 0.3) is 0 Å². The van der Waals surface area contributed by atoms with Gasteiger partial charge >= 0.3 is 6.36 Å². The number of benzene rings is 1. The predicted octanol–water partition coefficient (Wildman–Crippen LogP) is 3.76. The highest BCUT2D eigenvalue weighted by atomic mass is 19.4. The number of nitrogens with zero attached hydrogens (tertiary/aromatic N) is 1. The molecule has 0 aliphatic heterocycles. The highest BCUT2D eigenvalue weighted by Crippen LogP contribution is 2.24. The molecule has 103 valence electrons. The van der Waals surface area contributed by atoms with Crippen molar-refractivity contribution < 1.29 is 22.7 Å². The van der Waals surface area contributed by atoms with Crippen LogP contribution in [0.15, 0.2) is 29.4 Å². The Labute approximate surface area is 109 Å². The maximum absolute atomic E-state index is 11.9. The minimum atomic E-state index is -4.67. The zero-order valence-electron chi connectivity index (χ0n) is 10.1. The smallest absolute Gasteiger partial charge is 0.406 e. The van der Waals surface area contributed by atoms with Gasteiger partial charge in [-0.05, 0) is 30.5 Å². The second-order valence-corrected chi connectivity index (χ2v) is 4.31. The van der Waals surface area contributed by atoms with Crippen LogP contribution in [0, 0.1) is 5.92 Å². The summed E-state index contributed by atoms with van der Waals surface area (Å²) in [5.41, 5.74) is 0.716. The van der Waals surface area contributed by atoms with E-state index in [4.69, 9.17) is 4.84 Å². The van der Waals surface area contributed by atoms with E-state index in [1.807, 2.05) is 0 Å². The Kier molecular flexibility index (Phi) is 4.29. The van der Waals surface area contributed by atoms with Crippen LogP contribution in [0.5, 0.6) is 5.75 Å². The standard InChI is InChI=1S/C13H13F3NO2/c14-13(15,16)19-12-6-4-11(5-7-12)9-18-17-8-10-2-1-3-10/h4-7,10H,1-3,9H2. The van der Waals surface area contributed by atoms with Gasteiger partial charge in [0.2, 0.25) is 0 Å². The van der Waals surface area contributed by atoms with Gasteiger partial charge in [-0.3, -0.25) is 0 Å². The fourth-order valence-electron chi connectivity index (χ4n) is 1.54. The summed E-state index contributed by atoms with van der Waals surface area (Å²) >= 11 is 0. The van der Waals surface area contributed by atoms with Crippen molar-refractivity contribution in [1.29, 1.82) is 0 Å². The molecule has 3 nitrogen and oxygen atoms in total. The summed E-state index contributed by atoms with van der Waals surface area (Å²) in [7, 11) is 0. The summed E-state index contributed by atoms with van der Waals surface area (Å²) in [6, 6.07) is 5.48. The van der Waals surface area contributed by atoms with Crippen LogP contribution in [-0.4, -0.2) is 12.6 Å². The van der Waals surface area contributed by atoms with E-state index in [0.29, 0.717) is 11.5 Å². The highest BCUT2D eigenvalue weighted by Gasteiger charge is 2.30. The Bertz CT molecular complexity index is 425. The van der Waals surface area contributed by atoms with Crippen molar-refractivity contribution in [2.45, 2.75) is 32.2 Å². The van der Waals surface area contributed by atoms with Crippen molar-refractivity contribution in [3.05, 3.63) is 29.8 Å². The number of halogens is 3. The fourth-order valence-corrected chi connectivity index (χ4v) is 1.54. The van der Waals surface area contributed by atoms with Crippen molar-refractivity contribution in [3.63, 3.8) is 0 Å². The predicted molar refractivity (Wildman–Crippen MR) is 62.7 cm³/mol. The van der Waals surface area contributed by atoms with Crippen LogP contribution in [-0.2, 0) is 11.4 Å². The number of hydrogen-bond donors (Lipinski definition) is 0. The molecule has 1 aliphatic rings. The molecule has 6 heteroatoms. The lowest BCUT2D eigenvalue weighted by Gasteiger charge is -2.18. The van der Waals surface area contributed by atoms with E-state index in [1.165, 1.54) is 30.7 Å². The molecule has 1 fully saturated rings. The maximum Gasteiger partial charge on any atom is 0.573 e. The molecule has 0 unspecified atom stereocenters. The summed E-state index contributed by atoms with van der Waals surface area (Å²) in [4.78, 5) is 5.02. The first kappa shape index (κ1) is 13.7. The van der Waals surface area contributed by atoms with E-state index in [2.05, 4.69) is 16.1 Å². The SMILES string of the molecule is FC(F)(F)Oc1ccc(CO/N=[C]\C2CCC2)cc1. The Hall–Kier alpha value is -1.72. The van der Waals surface area contributed by atoms with E-state index in [0.717, 1.165) is 12.8 Å².